The number of nitrogens with one attached hydrogen (secondary N) is 1. The molecule has 0 bridgehead atoms. The van der Waals surface area contributed by atoms with Gasteiger partial charge in [0.25, 0.3) is 0 Å². The van der Waals surface area contributed by atoms with Crippen LogP contribution in [0.25, 0.3) is 0 Å². The van der Waals surface area contributed by atoms with Gasteiger partial charge in [0, 0.05) is 16.1 Å². The number of rotatable bonds is 8. The van der Waals surface area contributed by atoms with Crippen LogP contribution in [-0.2, 0) is 0 Å². The predicted molar refractivity (Wildman–Crippen MR) is 85.3 cm³/mol. The van der Waals surface area contributed by atoms with Crippen LogP contribution in [0.5, 0.6) is 0 Å². The van der Waals surface area contributed by atoms with Crippen molar-refractivity contribution >= 4 is 23.2 Å². The van der Waals surface area contributed by atoms with E-state index in [1.165, 1.54) is 0 Å². The lowest BCUT2D eigenvalue weighted by atomic mass is 10.1. The molecule has 0 saturated heterocycles. The van der Waals surface area contributed by atoms with E-state index in [0.29, 0.717) is 5.02 Å². The normalized spacial score (nSPS) is 12.9. The molecule has 1 rings (SSSR count). The Kier molecular flexibility index (Phi) is 7.77. The highest BCUT2D eigenvalue weighted by molar-refractivity contribution is 6.35. The molecule has 1 aromatic carbocycles. The van der Waals surface area contributed by atoms with Gasteiger partial charge in [-0.2, -0.15) is 0 Å². The van der Waals surface area contributed by atoms with Gasteiger partial charge in [0.05, 0.1) is 0 Å². The van der Waals surface area contributed by atoms with Gasteiger partial charge in [-0.3, -0.25) is 0 Å². The Balaban J connectivity index is 2.37. The van der Waals surface area contributed by atoms with E-state index in [-0.39, 0.29) is 6.04 Å². The van der Waals surface area contributed by atoms with Crippen molar-refractivity contribution in [3.05, 3.63) is 33.8 Å². The first-order valence-electron chi connectivity index (χ1n) is 6.99. The minimum absolute atomic E-state index is 0.251. The molecule has 108 valence electrons. The quantitative estimate of drug-likeness (QED) is 0.717. The van der Waals surface area contributed by atoms with E-state index < -0.39 is 0 Å². The summed E-state index contributed by atoms with van der Waals surface area (Å²) >= 11 is 12.1. The Hall–Kier alpha value is -0.280. The fourth-order valence-electron chi connectivity index (χ4n) is 2.12. The Morgan fingerprint density at radius 2 is 1.89 bits per heavy atom. The molecular weight excluding hydrogens is 279 g/mol. The molecular formula is C15H24Cl2N2. The minimum Gasteiger partial charge on any atom is -0.310 e. The molecule has 4 heteroatoms. The molecule has 1 unspecified atom stereocenters. The standard InChI is InChI=1S/C15H24Cl2N2/c1-4-19(5-2)10-6-9-18-12(3)14-8-7-13(16)11-15(14)17/h7-8,11-12,18H,4-6,9-10H2,1-3H3. The van der Waals surface area contributed by atoms with E-state index in [1.54, 1.807) is 6.07 Å². The van der Waals surface area contributed by atoms with Crippen molar-refractivity contribution in [3.63, 3.8) is 0 Å². The van der Waals surface area contributed by atoms with Crippen molar-refractivity contribution in [2.75, 3.05) is 26.2 Å². The van der Waals surface area contributed by atoms with Crippen LogP contribution in [0.2, 0.25) is 10.0 Å². The molecule has 0 aliphatic rings. The summed E-state index contributed by atoms with van der Waals surface area (Å²) in [6.45, 7) is 10.9. The lowest BCUT2D eigenvalue weighted by Crippen LogP contribution is -2.28. The Labute approximate surface area is 127 Å². The lowest BCUT2D eigenvalue weighted by Gasteiger charge is -2.20. The molecule has 0 fully saturated rings. The molecule has 19 heavy (non-hydrogen) atoms. The maximum absolute atomic E-state index is 6.20. The maximum atomic E-state index is 6.20. The highest BCUT2D eigenvalue weighted by atomic mass is 35.5. The van der Waals surface area contributed by atoms with Gasteiger partial charge in [-0.1, -0.05) is 43.1 Å². The second-order valence-electron chi connectivity index (χ2n) is 4.72. The minimum atomic E-state index is 0.251. The molecule has 0 heterocycles. The van der Waals surface area contributed by atoms with Gasteiger partial charge in [-0.25, -0.2) is 0 Å². The van der Waals surface area contributed by atoms with Gasteiger partial charge >= 0.3 is 0 Å². The van der Waals surface area contributed by atoms with Gasteiger partial charge in [0.1, 0.15) is 0 Å². The summed E-state index contributed by atoms with van der Waals surface area (Å²) in [5.74, 6) is 0. The van der Waals surface area contributed by atoms with E-state index in [0.717, 1.165) is 43.2 Å². The zero-order chi connectivity index (χ0) is 14.3. The van der Waals surface area contributed by atoms with Crippen LogP contribution >= 0.6 is 23.2 Å². The average Bonchev–Trinajstić information content (AvgIpc) is 2.38. The first-order chi connectivity index (χ1) is 9.08. The van der Waals surface area contributed by atoms with Crippen LogP contribution in [0.1, 0.15) is 38.8 Å². The van der Waals surface area contributed by atoms with Crippen molar-refractivity contribution in [3.8, 4) is 0 Å². The summed E-state index contributed by atoms with van der Waals surface area (Å²) in [6, 6.07) is 5.93. The number of hydrogen-bond donors (Lipinski definition) is 1. The summed E-state index contributed by atoms with van der Waals surface area (Å²) in [7, 11) is 0. The number of nitrogens with zero attached hydrogens (tertiary/aromatic N) is 1. The Bertz CT molecular complexity index is 378. The van der Waals surface area contributed by atoms with Crippen molar-refractivity contribution in [1.29, 1.82) is 0 Å². The van der Waals surface area contributed by atoms with Gasteiger partial charge < -0.3 is 10.2 Å². The lowest BCUT2D eigenvalue weighted by molar-refractivity contribution is 0.296. The fourth-order valence-corrected chi connectivity index (χ4v) is 2.70. The fraction of sp³-hybridized carbons (Fsp3) is 0.600. The topological polar surface area (TPSA) is 15.3 Å². The highest BCUT2D eigenvalue weighted by Gasteiger charge is 2.09. The second-order valence-corrected chi connectivity index (χ2v) is 5.57. The van der Waals surface area contributed by atoms with Crippen molar-refractivity contribution < 1.29 is 0 Å². The highest BCUT2D eigenvalue weighted by Crippen LogP contribution is 2.25. The summed E-state index contributed by atoms with van der Waals surface area (Å²) in [6.07, 6.45) is 1.15. The van der Waals surface area contributed by atoms with E-state index in [9.17, 15) is 0 Å². The van der Waals surface area contributed by atoms with Crippen LogP contribution in [-0.4, -0.2) is 31.1 Å². The zero-order valence-electron chi connectivity index (χ0n) is 12.0. The Morgan fingerprint density at radius 1 is 1.21 bits per heavy atom. The third-order valence-corrected chi connectivity index (χ3v) is 3.99. The van der Waals surface area contributed by atoms with E-state index in [2.05, 4.69) is 31.0 Å². The third kappa shape index (κ3) is 5.70. The van der Waals surface area contributed by atoms with E-state index in [4.69, 9.17) is 23.2 Å². The van der Waals surface area contributed by atoms with Crippen LogP contribution < -0.4 is 5.32 Å². The summed E-state index contributed by atoms with van der Waals surface area (Å²) in [5.41, 5.74) is 1.11. The van der Waals surface area contributed by atoms with Crippen molar-refractivity contribution in [1.82, 2.24) is 10.2 Å². The monoisotopic (exact) mass is 302 g/mol. The first kappa shape index (κ1) is 16.8. The molecule has 1 N–H and O–H groups in total. The van der Waals surface area contributed by atoms with E-state index in [1.807, 2.05) is 12.1 Å². The van der Waals surface area contributed by atoms with Crippen LogP contribution in [0.3, 0.4) is 0 Å². The average molecular weight is 303 g/mol. The molecule has 0 saturated carbocycles. The van der Waals surface area contributed by atoms with Crippen LogP contribution in [0, 0.1) is 0 Å². The number of hydrogen-bond acceptors (Lipinski definition) is 2. The third-order valence-electron chi connectivity index (χ3n) is 3.43. The smallest absolute Gasteiger partial charge is 0.0468 e. The van der Waals surface area contributed by atoms with Crippen LogP contribution in [0.4, 0.5) is 0 Å². The molecule has 0 aliphatic heterocycles. The molecule has 0 aromatic heterocycles. The van der Waals surface area contributed by atoms with Crippen LogP contribution in [0.15, 0.2) is 18.2 Å². The second kappa shape index (κ2) is 8.80. The van der Waals surface area contributed by atoms with Gasteiger partial charge in [-0.15, -0.1) is 0 Å². The zero-order valence-corrected chi connectivity index (χ0v) is 13.6. The Morgan fingerprint density at radius 3 is 2.47 bits per heavy atom. The summed E-state index contributed by atoms with van der Waals surface area (Å²) in [4.78, 5) is 2.43. The predicted octanol–water partition coefficient (Wildman–Crippen LogP) is 4.38. The molecule has 0 amide bonds. The molecule has 2 nitrogen and oxygen atoms in total. The van der Waals surface area contributed by atoms with Gasteiger partial charge in [0.15, 0.2) is 0 Å². The summed E-state index contributed by atoms with van der Waals surface area (Å²) in [5, 5.41) is 4.92. The summed E-state index contributed by atoms with van der Waals surface area (Å²) < 4.78 is 0. The molecule has 1 aromatic rings. The first-order valence-corrected chi connectivity index (χ1v) is 7.74. The van der Waals surface area contributed by atoms with Gasteiger partial charge in [-0.05, 0) is 57.2 Å². The molecule has 0 aliphatic carbocycles. The van der Waals surface area contributed by atoms with Crippen molar-refractivity contribution in [2.24, 2.45) is 0 Å². The molecule has 0 spiro atoms. The SMILES string of the molecule is CCN(CC)CCCNC(C)c1ccc(Cl)cc1Cl. The number of halogens is 2. The van der Waals surface area contributed by atoms with Gasteiger partial charge in [0.2, 0.25) is 0 Å². The number of benzene rings is 1. The molecule has 1 atom stereocenters. The van der Waals surface area contributed by atoms with Crippen molar-refractivity contribution in [2.45, 2.75) is 33.2 Å². The largest absolute Gasteiger partial charge is 0.310 e. The molecule has 0 radical (unpaired) electrons. The maximum Gasteiger partial charge on any atom is 0.0468 e. The van der Waals surface area contributed by atoms with E-state index >= 15 is 0 Å².